The highest BCUT2D eigenvalue weighted by atomic mass is 35.5. The zero-order valence-electron chi connectivity index (χ0n) is 20.8. The maximum atomic E-state index is 13.5. The summed E-state index contributed by atoms with van der Waals surface area (Å²) in [6, 6.07) is 4.00. The molecule has 6 heteroatoms. The molecule has 1 aromatic carbocycles. The predicted molar refractivity (Wildman–Crippen MR) is 140 cm³/mol. The van der Waals surface area contributed by atoms with E-state index in [2.05, 4.69) is 17.1 Å². The summed E-state index contributed by atoms with van der Waals surface area (Å²) >= 11 is 6.08. The van der Waals surface area contributed by atoms with E-state index in [1.165, 1.54) is 95.3 Å². The van der Waals surface area contributed by atoms with Gasteiger partial charge in [0.2, 0.25) is 0 Å². The summed E-state index contributed by atoms with van der Waals surface area (Å²) in [5.41, 5.74) is 2.32. The number of likely N-dealkylation sites (tertiary alicyclic amines) is 1. The average Bonchev–Trinajstić information content (AvgIpc) is 3.66. The zero-order valence-corrected chi connectivity index (χ0v) is 21.6. The van der Waals surface area contributed by atoms with Gasteiger partial charge in [-0.15, -0.1) is 0 Å². The number of amidine groups is 1. The van der Waals surface area contributed by atoms with Crippen LogP contribution in [0.25, 0.3) is 0 Å². The molecule has 2 bridgehead atoms. The number of hydrogen-bond donors (Lipinski definition) is 3. The van der Waals surface area contributed by atoms with Crippen LogP contribution >= 0.6 is 11.6 Å². The van der Waals surface area contributed by atoms with Crippen molar-refractivity contribution in [1.82, 2.24) is 10.2 Å². The molecular weight excluding hydrogens is 459 g/mol. The van der Waals surface area contributed by atoms with Gasteiger partial charge in [-0.3, -0.25) is 5.41 Å². The molecule has 3 N–H and O–H groups in total. The second kappa shape index (κ2) is 8.41. The van der Waals surface area contributed by atoms with Gasteiger partial charge in [0, 0.05) is 18.7 Å². The van der Waals surface area contributed by atoms with E-state index in [1.807, 2.05) is 0 Å². The minimum Gasteiger partial charge on any atom is -0.370 e. The van der Waals surface area contributed by atoms with Gasteiger partial charge in [-0.2, -0.15) is 0 Å². The van der Waals surface area contributed by atoms with Gasteiger partial charge in [-0.1, -0.05) is 18.5 Å². The molecular formula is C29H38ClFN4. The fourth-order valence-corrected chi connectivity index (χ4v) is 8.88. The standard InChI is InChI=1S/C29H38ClFN4/c1-19-11-27(13-20-14-29(20,12-19)17-27)18-35-8-6-28(7-9-35)15-21(28)16-34-26(33)5-4-25(32)23-10-22(31)2-3-24(23)30/h2-5,10,19-21,32H,6-9,11-18H2,1H3,(H2,33,34)/b5-4-,32-25?. The van der Waals surface area contributed by atoms with E-state index in [9.17, 15) is 4.39 Å². The molecule has 5 aliphatic rings. The Bertz CT molecular complexity index is 1070. The molecule has 5 unspecified atom stereocenters. The van der Waals surface area contributed by atoms with Gasteiger partial charge in [0.1, 0.15) is 11.7 Å². The molecule has 0 aromatic heterocycles. The van der Waals surface area contributed by atoms with Gasteiger partial charge in [0.05, 0.1) is 10.7 Å². The van der Waals surface area contributed by atoms with Crippen LogP contribution in [0.3, 0.4) is 0 Å². The molecule has 6 rings (SSSR count). The fourth-order valence-electron chi connectivity index (χ4n) is 8.66. The van der Waals surface area contributed by atoms with E-state index in [0.29, 0.717) is 33.2 Å². The van der Waals surface area contributed by atoms with Gasteiger partial charge >= 0.3 is 0 Å². The Labute approximate surface area is 213 Å². The number of fused-ring (bicyclic) bond motifs is 1. The van der Waals surface area contributed by atoms with Crippen molar-refractivity contribution in [3.63, 3.8) is 0 Å². The maximum Gasteiger partial charge on any atom is 0.123 e. The van der Waals surface area contributed by atoms with Crippen LogP contribution in [-0.2, 0) is 0 Å². The molecule has 1 aromatic rings. The first-order chi connectivity index (χ1) is 16.7. The Morgan fingerprint density at radius 1 is 1.11 bits per heavy atom. The normalized spacial score (nSPS) is 36.8. The van der Waals surface area contributed by atoms with Crippen LogP contribution in [0.4, 0.5) is 4.39 Å². The second-order valence-corrected chi connectivity index (χ2v) is 13.3. The highest BCUT2D eigenvalue weighted by Gasteiger charge is 2.67. The van der Waals surface area contributed by atoms with Gasteiger partial charge in [0.15, 0.2) is 0 Å². The van der Waals surface area contributed by atoms with Crippen LogP contribution in [0.5, 0.6) is 0 Å². The number of nitrogens with zero attached hydrogens (tertiary/aromatic N) is 1. The summed E-state index contributed by atoms with van der Waals surface area (Å²) in [6.45, 7) is 7.14. The first kappa shape index (κ1) is 23.7. The van der Waals surface area contributed by atoms with Crippen molar-refractivity contribution in [2.24, 2.45) is 34.0 Å². The fraction of sp³-hybridized carbons (Fsp3) is 0.655. The molecule has 0 radical (unpaired) electrons. The number of halogens is 2. The molecule has 1 aliphatic heterocycles. The Kier molecular flexibility index (Phi) is 5.69. The number of rotatable bonds is 7. The lowest BCUT2D eigenvalue weighted by molar-refractivity contribution is 0.0492. The van der Waals surface area contributed by atoms with Gasteiger partial charge in [-0.25, -0.2) is 4.39 Å². The largest absolute Gasteiger partial charge is 0.370 e. The number of hydrogen-bond acceptors (Lipinski definition) is 3. The smallest absolute Gasteiger partial charge is 0.123 e. The molecule has 5 atom stereocenters. The van der Waals surface area contributed by atoms with Crippen LogP contribution in [0.1, 0.15) is 63.9 Å². The predicted octanol–water partition coefficient (Wildman–Crippen LogP) is 6.29. The summed E-state index contributed by atoms with van der Waals surface area (Å²) < 4.78 is 13.5. The number of allylic oxidation sites excluding steroid dienone is 1. The van der Waals surface area contributed by atoms with Crippen molar-refractivity contribution in [3.8, 4) is 0 Å². The van der Waals surface area contributed by atoms with E-state index in [4.69, 9.17) is 22.4 Å². The third kappa shape index (κ3) is 4.48. The average molecular weight is 497 g/mol. The first-order valence-corrected chi connectivity index (χ1v) is 13.8. The van der Waals surface area contributed by atoms with Crippen LogP contribution in [-0.4, -0.2) is 42.6 Å². The molecule has 4 aliphatic carbocycles. The van der Waals surface area contributed by atoms with Crippen molar-refractivity contribution in [2.75, 3.05) is 26.2 Å². The minimum absolute atomic E-state index is 0.105. The lowest BCUT2D eigenvalue weighted by Crippen LogP contribution is -2.44. The van der Waals surface area contributed by atoms with Crippen molar-refractivity contribution in [1.29, 1.82) is 10.8 Å². The van der Waals surface area contributed by atoms with E-state index < -0.39 is 5.82 Å². The highest BCUT2D eigenvalue weighted by Crippen LogP contribution is 2.76. The highest BCUT2D eigenvalue weighted by molar-refractivity contribution is 6.34. The van der Waals surface area contributed by atoms with Crippen molar-refractivity contribution >= 4 is 23.1 Å². The topological polar surface area (TPSA) is 63.0 Å². The van der Waals surface area contributed by atoms with Gasteiger partial charge in [0.25, 0.3) is 0 Å². The summed E-state index contributed by atoms with van der Waals surface area (Å²) in [4.78, 5) is 2.79. The minimum atomic E-state index is -0.419. The molecule has 2 spiro atoms. The summed E-state index contributed by atoms with van der Waals surface area (Å²) in [5, 5.41) is 19.9. The van der Waals surface area contributed by atoms with E-state index in [1.54, 1.807) is 6.08 Å². The third-order valence-corrected chi connectivity index (χ3v) is 10.6. The van der Waals surface area contributed by atoms with Crippen molar-refractivity contribution < 1.29 is 4.39 Å². The summed E-state index contributed by atoms with van der Waals surface area (Å²) in [7, 11) is 0. The van der Waals surface area contributed by atoms with Crippen molar-refractivity contribution in [3.05, 3.63) is 46.8 Å². The van der Waals surface area contributed by atoms with Crippen LogP contribution in [0.15, 0.2) is 30.4 Å². The first-order valence-electron chi connectivity index (χ1n) is 13.5. The van der Waals surface area contributed by atoms with E-state index in [0.717, 1.165) is 23.8 Å². The molecule has 0 amide bonds. The molecule has 1 saturated heterocycles. The molecule has 4 saturated carbocycles. The lowest BCUT2D eigenvalue weighted by atomic mass is 9.67. The number of piperidine rings is 1. The quantitative estimate of drug-likeness (QED) is 0.307. The summed E-state index contributed by atoms with van der Waals surface area (Å²) in [6.07, 6.45) is 14.5. The molecule has 5 fully saturated rings. The Balaban J connectivity index is 0.950. The molecule has 188 valence electrons. The SMILES string of the molecule is CC1CC2(CN3CCC4(CC3)CC4CNC(=N)/C=C\C(=N)c3cc(F)ccc3Cl)CC3CC3(C1)C2. The van der Waals surface area contributed by atoms with Gasteiger partial charge in [-0.05, 0) is 129 Å². The maximum absolute atomic E-state index is 13.5. The summed E-state index contributed by atoms with van der Waals surface area (Å²) in [5.74, 6) is 2.50. The third-order valence-electron chi connectivity index (χ3n) is 10.2. The Morgan fingerprint density at radius 2 is 1.91 bits per heavy atom. The van der Waals surface area contributed by atoms with Crippen LogP contribution in [0, 0.1) is 50.6 Å². The Hall–Kier alpha value is -1.72. The molecule has 35 heavy (non-hydrogen) atoms. The van der Waals surface area contributed by atoms with Crippen LogP contribution in [0.2, 0.25) is 5.02 Å². The zero-order chi connectivity index (χ0) is 24.4. The van der Waals surface area contributed by atoms with Crippen LogP contribution < -0.4 is 5.32 Å². The number of benzene rings is 1. The van der Waals surface area contributed by atoms with Gasteiger partial charge < -0.3 is 15.6 Å². The number of nitrogens with one attached hydrogen (secondary N) is 3. The molecule has 4 nitrogen and oxygen atoms in total. The van der Waals surface area contributed by atoms with Crippen molar-refractivity contribution in [2.45, 2.75) is 58.3 Å². The molecule has 1 heterocycles. The second-order valence-electron chi connectivity index (χ2n) is 12.9. The lowest BCUT2D eigenvalue weighted by Gasteiger charge is -2.45. The van der Waals surface area contributed by atoms with E-state index >= 15 is 0 Å². The monoisotopic (exact) mass is 496 g/mol. The van der Waals surface area contributed by atoms with E-state index in [-0.39, 0.29) is 5.71 Å². The Morgan fingerprint density at radius 3 is 2.71 bits per heavy atom.